The smallest absolute Gasteiger partial charge is 0.252 e. The molecule has 19 heavy (non-hydrogen) atoms. The van der Waals surface area contributed by atoms with Gasteiger partial charge in [0.05, 0.1) is 5.56 Å². The van der Waals surface area contributed by atoms with Gasteiger partial charge in [-0.1, -0.05) is 6.07 Å². The second-order valence-electron chi connectivity index (χ2n) is 4.69. The molecule has 100 valence electrons. The van der Waals surface area contributed by atoms with Crippen LogP contribution in [0.2, 0.25) is 0 Å². The molecule has 0 bridgehead atoms. The lowest BCUT2D eigenvalue weighted by molar-refractivity contribution is 0.0939. The second kappa shape index (κ2) is 6.35. The molecule has 1 N–H and O–H groups in total. The summed E-state index contributed by atoms with van der Waals surface area (Å²) in [6, 6.07) is 7.97. The zero-order valence-corrected chi connectivity index (χ0v) is 13.3. The highest BCUT2D eigenvalue weighted by Crippen LogP contribution is 2.18. The van der Waals surface area contributed by atoms with E-state index < -0.39 is 0 Å². The van der Waals surface area contributed by atoms with Gasteiger partial charge in [0.2, 0.25) is 0 Å². The summed E-state index contributed by atoms with van der Waals surface area (Å²) in [6.45, 7) is 4.03. The molecule has 1 unspecified atom stereocenters. The van der Waals surface area contributed by atoms with Gasteiger partial charge in [-0.05, 0) is 76.3 Å². The molecule has 0 fully saturated rings. The molecule has 2 aromatic rings. The van der Waals surface area contributed by atoms with Crippen LogP contribution in [0.25, 0.3) is 0 Å². The number of nitrogens with one attached hydrogen (secondary N) is 1. The van der Waals surface area contributed by atoms with Crippen molar-refractivity contribution in [2.24, 2.45) is 0 Å². The quantitative estimate of drug-likeness (QED) is 0.890. The summed E-state index contributed by atoms with van der Waals surface area (Å²) in [5.74, 6) is -0.0328. The lowest BCUT2D eigenvalue weighted by Gasteiger charge is -2.14. The minimum Gasteiger partial charge on any atom is -0.349 e. The molecule has 2 nitrogen and oxygen atoms in total. The van der Waals surface area contributed by atoms with Crippen LogP contribution >= 0.6 is 27.3 Å². The topological polar surface area (TPSA) is 29.1 Å². The second-order valence-corrected chi connectivity index (χ2v) is 6.33. The molecular formula is C15H16BrNOS. The van der Waals surface area contributed by atoms with Gasteiger partial charge in [0, 0.05) is 10.5 Å². The van der Waals surface area contributed by atoms with E-state index in [0.717, 1.165) is 16.5 Å². The standard InChI is InChI=1S/C15H16BrNOS/c1-10-3-4-13(14(16)7-10)15(18)17-11(2)8-12-5-6-19-9-12/h3-7,9,11H,8H2,1-2H3,(H,17,18). The molecule has 0 radical (unpaired) electrons. The first kappa shape index (κ1) is 14.3. The van der Waals surface area contributed by atoms with E-state index in [9.17, 15) is 4.79 Å². The fourth-order valence-electron chi connectivity index (χ4n) is 1.92. The van der Waals surface area contributed by atoms with Crippen LogP contribution in [0.15, 0.2) is 39.5 Å². The van der Waals surface area contributed by atoms with Crippen LogP contribution in [0.4, 0.5) is 0 Å². The molecule has 0 saturated heterocycles. The molecule has 0 spiro atoms. The highest BCUT2D eigenvalue weighted by Gasteiger charge is 2.13. The predicted molar refractivity (Wildman–Crippen MR) is 83.8 cm³/mol. The number of carbonyl (C=O) groups is 1. The molecule has 1 atom stereocenters. The number of hydrogen-bond donors (Lipinski definition) is 1. The van der Waals surface area contributed by atoms with Crippen molar-refractivity contribution in [1.29, 1.82) is 0 Å². The van der Waals surface area contributed by atoms with E-state index >= 15 is 0 Å². The van der Waals surface area contributed by atoms with Gasteiger partial charge in [-0.3, -0.25) is 4.79 Å². The van der Waals surface area contributed by atoms with E-state index in [-0.39, 0.29) is 11.9 Å². The third-order valence-electron chi connectivity index (χ3n) is 2.87. The summed E-state index contributed by atoms with van der Waals surface area (Å²) in [5.41, 5.74) is 3.08. The molecule has 0 aliphatic heterocycles. The highest BCUT2D eigenvalue weighted by atomic mass is 79.9. The molecule has 0 saturated carbocycles. The largest absolute Gasteiger partial charge is 0.349 e. The molecule has 1 aromatic carbocycles. The first-order chi connectivity index (χ1) is 9.06. The molecule has 1 amide bonds. The van der Waals surface area contributed by atoms with E-state index in [0.29, 0.717) is 5.56 Å². The molecular weight excluding hydrogens is 322 g/mol. The summed E-state index contributed by atoms with van der Waals surface area (Å²) in [6.07, 6.45) is 0.860. The maximum atomic E-state index is 12.2. The van der Waals surface area contributed by atoms with Gasteiger partial charge in [-0.2, -0.15) is 11.3 Å². The van der Waals surface area contributed by atoms with Gasteiger partial charge in [-0.15, -0.1) is 0 Å². The maximum absolute atomic E-state index is 12.2. The number of halogens is 1. The predicted octanol–water partition coefficient (Wildman–Crippen LogP) is 4.18. The van der Waals surface area contributed by atoms with Crippen LogP contribution in [0.5, 0.6) is 0 Å². The first-order valence-corrected chi connectivity index (χ1v) is 7.88. The lowest BCUT2D eigenvalue weighted by Crippen LogP contribution is -2.34. The highest BCUT2D eigenvalue weighted by molar-refractivity contribution is 9.10. The van der Waals surface area contributed by atoms with E-state index in [2.05, 4.69) is 38.1 Å². The van der Waals surface area contributed by atoms with Crippen molar-refractivity contribution in [1.82, 2.24) is 5.32 Å². The Morgan fingerprint density at radius 1 is 1.42 bits per heavy atom. The summed E-state index contributed by atoms with van der Waals surface area (Å²) < 4.78 is 0.840. The van der Waals surface area contributed by atoms with Gasteiger partial charge < -0.3 is 5.32 Å². The monoisotopic (exact) mass is 337 g/mol. The van der Waals surface area contributed by atoms with Gasteiger partial charge >= 0.3 is 0 Å². The number of thiophene rings is 1. The van der Waals surface area contributed by atoms with Crippen molar-refractivity contribution in [3.8, 4) is 0 Å². The van der Waals surface area contributed by atoms with Crippen LogP contribution in [0, 0.1) is 6.92 Å². The fraction of sp³-hybridized carbons (Fsp3) is 0.267. The van der Waals surface area contributed by atoms with Crippen molar-refractivity contribution in [2.75, 3.05) is 0 Å². The molecule has 1 aromatic heterocycles. The van der Waals surface area contributed by atoms with Crippen molar-refractivity contribution >= 4 is 33.2 Å². The fourth-order valence-corrected chi connectivity index (χ4v) is 3.27. The molecule has 2 rings (SSSR count). The van der Waals surface area contributed by atoms with Crippen molar-refractivity contribution in [3.05, 3.63) is 56.2 Å². The van der Waals surface area contributed by atoms with Crippen LogP contribution in [-0.2, 0) is 6.42 Å². The zero-order valence-electron chi connectivity index (χ0n) is 10.9. The number of amides is 1. The van der Waals surface area contributed by atoms with Gasteiger partial charge in [0.25, 0.3) is 5.91 Å². The Kier molecular flexibility index (Phi) is 4.77. The van der Waals surface area contributed by atoms with Gasteiger partial charge in [-0.25, -0.2) is 0 Å². The molecule has 1 heterocycles. The Hall–Kier alpha value is -1.13. The minimum atomic E-state index is -0.0328. The Bertz CT molecular complexity index is 566. The Balaban J connectivity index is 2.00. The Morgan fingerprint density at radius 3 is 2.84 bits per heavy atom. The minimum absolute atomic E-state index is 0.0328. The summed E-state index contributed by atoms with van der Waals surface area (Å²) >= 11 is 5.12. The molecule has 0 aliphatic rings. The molecule has 0 aliphatic carbocycles. The van der Waals surface area contributed by atoms with Gasteiger partial charge in [0.1, 0.15) is 0 Å². The van der Waals surface area contributed by atoms with E-state index in [1.165, 1.54) is 5.56 Å². The van der Waals surface area contributed by atoms with E-state index in [4.69, 9.17) is 0 Å². The van der Waals surface area contributed by atoms with Crippen molar-refractivity contribution in [2.45, 2.75) is 26.3 Å². The van der Waals surface area contributed by atoms with Gasteiger partial charge in [0.15, 0.2) is 0 Å². The van der Waals surface area contributed by atoms with E-state index in [1.807, 2.05) is 32.0 Å². The average molecular weight is 338 g/mol. The van der Waals surface area contributed by atoms with Crippen molar-refractivity contribution < 1.29 is 4.79 Å². The Morgan fingerprint density at radius 2 is 2.21 bits per heavy atom. The van der Waals surface area contributed by atoms with Crippen LogP contribution in [0.3, 0.4) is 0 Å². The third-order valence-corrected chi connectivity index (χ3v) is 4.26. The Labute approximate surface area is 126 Å². The molecule has 4 heteroatoms. The number of aryl methyl sites for hydroxylation is 1. The summed E-state index contributed by atoms with van der Waals surface area (Å²) in [4.78, 5) is 12.2. The summed E-state index contributed by atoms with van der Waals surface area (Å²) in [7, 11) is 0. The zero-order chi connectivity index (χ0) is 13.8. The van der Waals surface area contributed by atoms with Crippen LogP contribution < -0.4 is 5.32 Å². The number of carbonyl (C=O) groups excluding carboxylic acids is 1. The third kappa shape index (κ3) is 3.91. The van der Waals surface area contributed by atoms with E-state index in [1.54, 1.807) is 11.3 Å². The maximum Gasteiger partial charge on any atom is 0.252 e. The SMILES string of the molecule is Cc1ccc(C(=O)NC(C)Cc2ccsc2)c(Br)c1. The summed E-state index contributed by atoms with van der Waals surface area (Å²) in [5, 5.41) is 7.20. The van der Waals surface area contributed by atoms with Crippen molar-refractivity contribution in [3.63, 3.8) is 0 Å². The normalized spacial score (nSPS) is 12.2. The first-order valence-electron chi connectivity index (χ1n) is 6.14. The lowest BCUT2D eigenvalue weighted by atomic mass is 10.1. The average Bonchev–Trinajstić information content (AvgIpc) is 2.81. The van der Waals surface area contributed by atoms with Crippen LogP contribution in [-0.4, -0.2) is 11.9 Å². The number of hydrogen-bond acceptors (Lipinski definition) is 2. The number of benzene rings is 1. The van der Waals surface area contributed by atoms with Crippen LogP contribution in [0.1, 0.15) is 28.4 Å². The number of rotatable bonds is 4.